The number of carbonyl (C=O) groups is 2. The van der Waals surface area contributed by atoms with Crippen molar-refractivity contribution in [3.63, 3.8) is 0 Å². The molecule has 1 aromatic carbocycles. The number of carboxylic acid groups (broad SMARTS) is 1. The molecule has 0 spiro atoms. The minimum Gasteiger partial charge on any atom is -0.497 e. The predicted octanol–water partition coefficient (Wildman–Crippen LogP) is 3.34. The van der Waals surface area contributed by atoms with Crippen LogP contribution < -0.4 is 4.74 Å². The second-order valence-corrected chi connectivity index (χ2v) is 7.62. The molecule has 1 heterocycles. The number of aliphatic carboxylic acids is 1. The lowest BCUT2D eigenvalue weighted by Crippen LogP contribution is -2.52. The van der Waals surface area contributed by atoms with Crippen molar-refractivity contribution in [1.29, 1.82) is 0 Å². The number of hydrogen-bond acceptors (Lipinski definition) is 4. The molecule has 1 saturated heterocycles. The van der Waals surface area contributed by atoms with Crippen molar-refractivity contribution in [2.45, 2.75) is 45.6 Å². The van der Waals surface area contributed by atoms with Gasteiger partial charge in [-0.25, -0.2) is 4.79 Å². The molecule has 1 amide bonds. The third-order valence-corrected chi connectivity index (χ3v) is 4.38. The van der Waals surface area contributed by atoms with Crippen molar-refractivity contribution >= 4 is 12.1 Å². The van der Waals surface area contributed by atoms with Crippen LogP contribution in [0.25, 0.3) is 0 Å². The van der Waals surface area contributed by atoms with Crippen LogP contribution in [-0.2, 0) is 16.0 Å². The Labute approximate surface area is 148 Å². The van der Waals surface area contributed by atoms with E-state index in [1.165, 1.54) is 4.90 Å². The fraction of sp³-hybridized carbons (Fsp3) is 0.579. The first-order valence-corrected chi connectivity index (χ1v) is 8.49. The third kappa shape index (κ3) is 4.87. The van der Waals surface area contributed by atoms with E-state index in [4.69, 9.17) is 9.47 Å². The predicted molar refractivity (Wildman–Crippen MR) is 93.8 cm³/mol. The average Bonchev–Trinajstić information content (AvgIpc) is 2.54. The van der Waals surface area contributed by atoms with Gasteiger partial charge in [0.15, 0.2) is 0 Å². The highest BCUT2D eigenvalue weighted by atomic mass is 16.6. The number of methoxy groups -OCH3 is 1. The Bertz CT molecular complexity index is 620. The van der Waals surface area contributed by atoms with Crippen LogP contribution in [0.1, 0.15) is 39.2 Å². The number of hydrogen-bond donors (Lipinski definition) is 1. The molecule has 0 saturated carbocycles. The number of amides is 1. The van der Waals surface area contributed by atoms with Gasteiger partial charge in [-0.3, -0.25) is 4.79 Å². The van der Waals surface area contributed by atoms with Gasteiger partial charge in [-0.15, -0.1) is 0 Å². The van der Waals surface area contributed by atoms with Crippen molar-refractivity contribution in [1.82, 2.24) is 4.90 Å². The van der Waals surface area contributed by atoms with Crippen LogP contribution in [-0.4, -0.2) is 47.9 Å². The Morgan fingerprint density at radius 3 is 2.40 bits per heavy atom. The zero-order valence-corrected chi connectivity index (χ0v) is 15.4. The molecule has 1 fully saturated rings. The molecule has 25 heavy (non-hydrogen) atoms. The second kappa shape index (κ2) is 7.33. The molecule has 1 aliphatic rings. The molecular weight excluding hydrogens is 322 g/mol. The standard InChI is InChI=1S/C19H27NO5/c1-18(2,3)25-17(23)20-11-5-10-19(13-20,16(21)22)12-14-6-8-15(24-4)9-7-14/h6-9H,5,10-13H2,1-4H3,(H,21,22). The molecule has 1 N–H and O–H groups in total. The molecule has 2 rings (SSSR count). The summed E-state index contributed by atoms with van der Waals surface area (Å²) in [7, 11) is 1.59. The van der Waals surface area contributed by atoms with Crippen molar-refractivity contribution in [3.05, 3.63) is 29.8 Å². The van der Waals surface area contributed by atoms with E-state index in [0.29, 0.717) is 25.8 Å². The highest BCUT2D eigenvalue weighted by molar-refractivity contribution is 5.77. The minimum atomic E-state index is -0.996. The summed E-state index contributed by atoms with van der Waals surface area (Å²) in [6.45, 7) is 6.08. The molecule has 1 aromatic rings. The van der Waals surface area contributed by atoms with Crippen LogP contribution in [0.2, 0.25) is 0 Å². The van der Waals surface area contributed by atoms with E-state index in [1.54, 1.807) is 27.9 Å². The summed E-state index contributed by atoms with van der Waals surface area (Å²) in [5.74, 6) is -0.149. The van der Waals surface area contributed by atoms with Crippen LogP contribution in [0.3, 0.4) is 0 Å². The van der Waals surface area contributed by atoms with Gasteiger partial charge >= 0.3 is 12.1 Å². The molecular formula is C19H27NO5. The molecule has 6 nitrogen and oxygen atoms in total. The summed E-state index contributed by atoms with van der Waals surface area (Å²) in [5, 5.41) is 9.88. The Morgan fingerprint density at radius 2 is 1.88 bits per heavy atom. The van der Waals surface area contributed by atoms with E-state index < -0.39 is 23.1 Å². The van der Waals surface area contributed by atoms with Crippen LogP contribution >= 0.6 is 0 Å². The quantitative estimate of drug-likeness (QED) is 0.902. The van der Waals surface area contributed by atoms with E-state index in [2.05, 4.69) is 0 Å². The number of carboxylic acids is 1. The van der Waals surface area contributed by atoms with Gasteiger partial charge in [-0.2, -0.15) is 0 Å². The molecule has 1 atom stereocenters. The maximum Gasteiger partial charge on any atom is 0.410 e. The van der Waals surface area contributed by atoms with Crippen molar-refractivity contribution in [2.24, 2.45) is 5.41 Å². The Kier molecular flexibility index (Phi) is 5.60. The largest absolute Gasteiger partial charge is 0.497 e. The van der Waals surface area contributed by atoms with Gasteiger partial charge in [0.1, 0.15) is 11.4 Å². The minimum absolute atomic E-state index is 0.156. The maximum atomic E-state index is 12.4. The average molecular weight is 349 g/mol. The summed E-state index contributed by atoms with van der Waals surface area (Å²) in [6, 6.07) is 7.38. The molecule has 6 heteroatoms. The molecule has 0 bridgehead atoms. The number of rotatable bonds is 4. The molecule has 0 radical (unpaired) electrons. The highest BCUT2D eigenvalue weighted by Crippen LogP contribution is 2.35. The topological polar surface area (TPSA) is 76.1 Å². The zero-order chi connectivity index (χ0) is 18.7. The number of nitrogens with zero attached hydrogens (tertiary/aromatic N) is 1. The zero-order valence-electron chi connectivity index (χ0n) is 15.4. The van der Waals surface area contributed by atoms with Crippen LogP contribution in [0.15, 0.2) is 24.3 Å². The Hall–Kier alpha value is -2.24. The van der Waals surface area contributed by atoms with Crippen molar-refractivity contribution < 1.29 is 24.2 Å². The number of piperidine rings is 1. The van der Waals surface area contributed by atoms with E-state index in [-0.39, 0.29) is 6.54 Å². The number of ether oxygens (including phenoxy) is 2. The summed E-state index contributed by atoms with van der Waals surface area (Å²) >= 11 is 0. The van der Waals surface area contributed by atoms with Gasteiger partial charge < -0.3 is 19.5 Å². The van der Waals surface area contributed by atoms with Gasteiger partial charge in [0.2, 0.25) is 0 Å². The van der Waals surface area contributed by atoms with Crippen molar-refractivity contribution in [3.8, 4) is 5.75 Å². The first-order chi connectivity index (χ1) is 11.6. The van der Waals surface area contributed by atoms with Gasteiger partial charge in [-0.05, 0) is 57.7 Å². The SMILES string of the molecule is COc1ccc(CC2(C(=O)O)CCCN(C(=O)OC(C)(C)C)C2)cc1. The summed E-state index contributed by atoms with van der Waals surface area (Å²) < 4.78 is 10.5. The van der Waals surface area contributed by atoms with Gasteiger partial charge in [0.25, 0.3) is 0 Å². The fourth-order valence-electron chi connectivity index (χ4n) is 3.14. The second-order valence-electron chi connectivity index (χ2n) is 7.62. The maximum absolute atomic E-state index is 12.4. The summed E-state index contributed by atoms with van der Waals surface area (Å²) in [4.78, 5) is 25.9. The van der Waals surface area contributed by atoms with Crippen LogP contribution in [0.5, 0.6) is 5.75 Å². The first-order valence-electron chi connectivity index (χ1n) is 8.49. The number of likely N-dealkylation sites (tertiary alicyclic amines) is 1. The van der Waals surface area contributed by atoms with Gasteiger partial charge in [0.05, 0.1) is 12.5 Å². The van der Waals surface area contributed by atoms with E-state index in [0.717, 1.165) is 11.3 Å². The monoisotopic (exact) mass is 349 g/mol. The molecule has 1 unspecified atom stereocenters. The normalized spacial score (nSPS) is 20.9. The smallest absolute Gasteiger partial charge is 0.410 e. The first kappa shape index (κ1) is 19.1. The van der Waals surface area contributed by atoms with E-state index in [9.17, 15) is 14.7 Å². The Balaban J connectivity index is 2.17. The molecule has 0 aliphatic carbocycles. The molecule has 0 aromatic heterocycles. The third-order valence-electron chi connectivity index (χ3n) is 4.38. The lowest BCUT2D eigenvalue weighted by Gasteiger charge is -2.40. The fourth-order valence-corrected chi connectivity index (χ4v) is 3.14. The van der Waals surface area contributed by atoms with Crippen molar-refractivity contribution in [2.75, 3.05) is 20.2 Å². The number of benzene rings is 1. The summed E-state index contributed by atoms with van der Waals surface area (Å²) in [5.41, 5.74) is -0.686. The lowest BCUT2D eigenvalue weighted by atomic mass is 9.75. The lowest BCUT2D eigenvalue weighted by molar-refractivity contribution is -0.152. The van der Waals surface area contributed by atoms with E-state index in [1.807, 2.05) is 24.3 Å². The van der Waals surface area contributed by atoms with Gasteiger partial charge in [0, 0.05) is 13.1 Å². The molecule has 1 aliphatic heterocycles. The van der Waals surface area contributed by atoms with Crippen LogP contribution in [0.4, 0.5) is 4.79 Å². The molecule has 138 valence electrons. The highest BCUT2D eigenvalue weighted by Gasteiger charge is 2.44. The van der Waals surface area contributed by atoms with E-state index >= 15 is 0 Å². The number of carbonyl (C=O) groups excluding carboxylic acids is 1. The summed E-state index contributed by atoms with van der Waals surface area (Å²) in [6.07, 6.45) is 1.09. The van der Waals surface area contributed by atoms with Crippen LogP contribution in [0, 0.1) is 5.41 Å². The van der Waals surface area contributed by atoms with Gasteiger partial charge in [-0.1, -0.05) is 12.1 Å². The Morgan fingerprint density at radius 1 is 1.24 bits per heavy atom.